The smallest absolute Gasteiger partial charge is 0.164 e. The minimum absolute atomic E-state index is 0.879. The van der Waals surface area contributed by atoms with Crippen molar-refractivity contribution in [1.29, 1.82) is 0 Å². The van der Waals surface area contributed by atoms with E-state index in [4.69, 9.17) is 10.1 Å². The maximum absolute atomic E-state index is 5.03. The molecule has 0 aliphatic heterocycles. The molecule has 0 radical (unpaired) electrons. The minimum atomic E-state index is 0.879. The number of para-hydroxylation sites is 1. The molecule has 0 saturated carbocycles. The fourth-order valence-corrected chi connectivity index (χ4v) is 3.64. The van der Waals surface area contributed by atoms with E-state index in [1.165, 1.54) is 5.56 Å². The summed E-state index contributed by atoms with van der Waals surface area (Å²) in [7, 11) is 0. The molecule has 0 saturated heterocycles. The second kappa shape index (κ2) is 6.78. The summed E-state index contributed by atoms with van der Waals surface area (Å²) in [5.41, 5.74) is 7.24. The van der Waals surface area contributed by atoms with Gasteiger partial charge in [0.1, 0.15) is 0 Å². The first-order valence-corrected chi connectivity index (χ1v) is 9.38. The molecule has 3 heteroatoms. The van der Waals surface area contributed by atoms with Crippen LogP contribution in [0.25, 0.3) is 39.1 Å². The summed E-state index contributed by atoms with van der Waals surface area (Å²) in [6, 6.07) is 33.1. The lowest BCUT2D eigenvalue weighted by atomic mass is 9.99. The fraction of sp³-hybridized carbons (Fsp3) is 0.0400. The third-order valence-corrected chi connectivity index (χ3v) is 4.97. The normalized spacial score (nSPS) is 11.0. The van der Waals surface area contributed by atoms with Gasteiger partial charge in [0.25, 0.3) is 0 Å². The molecule has 0 spiro atoms. The van der Waals surface area contributed by atoms with Gasteiger partial charge in [-0.1, -0.05) is 78.9 Å². The summed E-state index contributed by atoms with van der Waals surface area (Å²) in [5, 5.41) is 5.93. The molecule has 0 N–H and O–H groups in total. The van der Waals surface area contributed by atoms with Crippen molar-refractivity contribution in [2.24, 2.45) is 0 Å². The predicted octanol–water partition coefficient (Wildman–Crippen LogP) is 6.06. The fourth-order valence-electron chi connectivity index (χ4n) is 3.64. The third-order valence-electron chi connectivity index (χ3n) is 4.97. The van der Waals surface area contributed by atoms with Crippen molar-refractivity contribution in [3.63, 3.8) is 0 Å². The van der Waals surface area contributed by atoms with Gasteiger partial charge in [-0.05, 0) is 36.2 Å². The number of fused-ring (bicyclic) bond motifs is 1. The molecule has 3 nitrogen and oxygen atoms in total. The van der Waals surface area contributed by atoms with E-state index in [2.05, 4.69) is 61.5 Å². The Morgan fingerprint density at radius 2 is 1.25 bits per heavy atom. The lowest BCUT2D eigenvalue weighted by molar-refractivity contribution is 0.878. The standard InChI is InChI=1S/C25H19N3/c1-18-24-22(19-11-5-2-6-12-19)17-23(20-13-7-3-8-14-20)26-25(24)28(27-18)21-15-9-4-10-16-21/h2-17H,1H3. The van der Waals surface area contributed by atoms with Crippen LogP contribution in [0.2, 0.25) is 0 Å². The van der Waals surface area contributed by atoms with Gasteiger partial charge in [-0.15, -0.1) is 0 Å². The minimum Gasteiger partial charge on any atom is -0.228 e. The van der Waals surface area contributed by atoms with Gasteiger partial charge < -0.3 is 0 Å². The molecule has 5 aromatic rings. The maximum Gasteiger partial charge on any atom is 0.164 e. The molecule has 0 bridgehead atoms. The Kier molecular flexibility index (Phi) is 3.99. The Labute approximate surface area is 163 Å². The summed E-state index contributed by atoms with van der Waals surface area (Å²) in [6.07, 6.45) is 0. The molecule has 3 aromatic carbocycles. The molecular formula is C25H19N3. The molecule has 0 atom stereocenters. The maximum atomic E-state index is 5.03. The lowest BCUT2D eigenvalue weighted by Gasteiger charge is -2.10. The number of hydrogen-bond acceptors (Lipinski definition) is 2. The van der Waals surface area contributed by atoms with E-state index in [1.807, 2.05) is 47.1 Å². The number of aryl methyl sites for hydroxylation is 1. The van der Waals surface area contributed by atoms with E-state index in [-0.39, 0.29) is 0 Å². The highest BCUT2D eigenvalue weighted by molar-refractivity contribution is 5.97. The quantitative estimate of drug-likeness (QED) is 0.391. The number of aromatic nitrogens is 3. The second-order valence-electron chi connectivity index (χ2n) is 6.82. The monoisotopic (exact) mass is 361 g/mol. The van der Waals surface area contributed by atoms with Gasteiger partial charge in [0.2, 0.25) is 0 Å². The molecule has 2 heterocycles. The highest BCUT2D eigenvalue weighted by Crippen LogP contribution is 2.34. The van der Waals surface area contributed by atoms with Crippen LogP contribution in [0.3, 0.4) is 0 Å². The van der Waals surface area contributed by atoms with Gasteiger partial charge in [0, 0.05) is 5.56 Å². The summed E-state index contributed by atoms with van der Waals surface area (Å²) < 4.78 is 1.95. The van der Waals surface area contributed by atoms with Crippen LogP contribution in [0.1, 0.15) is 5.69 Å². The van der Waals surface area contributed by atoms with Crippen molar-refractivity contribution in [2.45, 2.75) is 6.92 Å². The second-order valence-corrected chi connectivity index (χ2v) is 6.82. The third kappa shape index (κ3) is 2.78. The average Bonchev–Trinajstić information content (AvgIpc) is 3.11. The van der Waals surface area contributed by atoms with Crippen LogP contribution < -0.4 is 0 Å². The summed E-state index contributed by atoms with van der Waals surface area (Å²) in [4.78, 5) is 5.03. The number of rotatable bonds is 3. The Balaban J connectivity index is 1.86. The molecule has 5 rings (SSSR count). The average molecular weight is 361 g/mol. The van der Waals surface area contributed by atoms with Crippen LogP contribution in [-0.2, 0) is 0 Å². The number of pyridine rings is 1. The van der Waals surface area contributed by atoms with Gasteiger partial charge >= 0.3 is 0 Å². The zero-order valence-corrected chi connectivity index (χ0v) is 15.6. The topological polar surface area (TPSA) is 30.7 Å². The van der Waals surface area contributed by atoms with Crippen molar-refractivity contribution in [3.05, 3.63) is 103 Å². The van der Waals surface area contributed by atoms with Gasteiger partial charge in [0.15, 0.2) is 5.65 Å². The van der Waals surface area contributed by atoms with Gasteiger partial charge in [-0.2, -0.15) is 5.10 Å². The molecule has 134 valence electrons. The summed E-state index contributed by atoms with van der Waals surface area (Å²) in [6.45, 7) is 2.05. The Morgan fingerprint density at radius 3 is 1.89 bits per heavy atom. The number of benzene rings is 3. The first kappa shape index (κ1) is 16.5. The largest absolute Gasteiger partial charge is 0.228 e. The predicted molar refractivity (Wildman–Crippen MR) is 114 cm³/mol. The van der Waals surface area contributed by atoms with E-state index < -0.39 is 0 Å². The summed E-state index contributed by atoms with van der Waals surface area (Å²) in [5.74, 6) is 0. The molecule has 0 unspecified atom stereocenters. The van der Waals surface area contributed by atoms with E-state index in [1.54, 1.807) is 0 Å². The zero-order chi connectivity index (χ0) is 18.9. The molecule has 0 fully saturated rings. The van der Waals surface area contributed by atoms with Crippen LogP contribution >= 0.6 is 0 Å². The number of hydrogen-bond donors (Lipinski definition) is 0. The van der Waals surface area contributed by atoms with Crippen molar-refractivity contribution >= 4 is 11.0 Å². The first-order valence-electron chi connectivity index (χ1n) is 9.38. The highest BCUT2D eigenvalue weighted by Gasteiger charge is 2.17. The van der Waals surface area contributed by atoms with E-state index >= 15 is 0 Å². The van der Waals surface area contributed by atoms with Crippen molar-refractivity contribution < 1.29 is 0 Å². The molecule has 0 aliphatic carbocycles. The molecule has 28 heavy (non-hydrogen) atoms. The molecule has 2 aromatic heterocycles. The summed E-state index contributed by atoms with van der Waals surface area (Å²) >= 11 is 0. The Bertz CT molecular complexity index is 1240. The lowest BCUT2D eigenvalue weighted by Crippen LogP contribution is -1.98. The highest BCUT2D eigenvalue weighted by atomic mass is 15.3. The van der Waals surface area contributed by atoms with Crippen LogP contribution in [0, 0.1) is 6.92 Å². The first-order chi connectivity index (χ1) is 13.8. The van der Waals surface area contributed by atoms with Crippen molar-refractivity contribution in [3.8, 4) is 28.1 Å². The van der Waals surface area contributed by atoms with E-state index in [9.17, 15) is 0 Å². The SMILES string of the molecule is Cc1nn(-c2ccccc2)c2nc(-c3ccccc3)cc(-c3ccccc3)c12. The van der Waals surface area contributed by atoms with Gasteiger partial charge in [-0.3, -0.25) is 0 Å². The number of nitrogens with zero attached hydrogens (tertiary/aromatic N) is 3. The van der Waals surface area contributed by atoms with E-state index in [0.29, 0.717) is 0 Å². The van der Waals surface area contributed by atoms with Gasteiger partial charge in [-0.25, -0.2) is 9.67 Å². The van der Waals surface area contributed by atoms with Crippen LogP contribution in [0.5, 0.6) is 0 Å². The Morgan fingerprint density at radius 1 is 0.679 bits per heavy atom. The molecule has 0 amide bonds. The molecule has 0 aliphatic rings. The van der Waals surface area contributed by atoms with Crippen LogP contribution in [0.15, 0.2) is 97.1 Å². The molecular weight excluding hydrogens is 342 g/mol. The Hall–Kier alpha value is -3.72. The zero-order valence-electron chi connectivity index (χ0n) is 15.6. The van der Waals surface area contributed by atoms with Crippen LogP contribution in [0.4, 0.5) is 0 Å². The van der Waals surface area contributed by atoms with Crippen molar-refractivity contribution in [2.75, 3.05) is 0 Å². The van der Waals surface area contributed by atoms with Crippen LogP contribution in [-0.4, -0.2) is 14.8 Å². The van der Waals surface area contributed by atoms with Gasteiger partial charge in [0.05, 0.1) is 22.5 Å². The van der Waals surface area contributed by atoms with E-state index in [0.717, 1.165) is 39.2 Å². The van der Waals surface area contributed by atoms with Crippen molar-refractivity contribution in [1.82, 2.24) is 14.8 Å².